The molecular weight excluding hydrogens is 252 g/mol. The smallest absolute Gasteiger partial charge is 0.142 e. The van der Waals surface area contributed by atoms with E-state index in [4.69, 9.17) is 4.74 Å². The minimum Gasteiger partial charge on any atom is -0.495 e. The van der Waals surface area contributed by atoms with Gasteiger partial charge >= 0.3 is 0 Å². The number of hydrogen-bond donors (Lipinski definition) is 1. The van der Waals surface area contributed by atoms with Crippen molar-refractivity contribution < 1.29 is 4.74 Å². The van der Waals surface area contributed by atoms with Crippen LogP contribution < -0.4 is 10.1 Å². The minimum absolute atomic E-state index is 0.0134. The zero-order valence-corrected chi connectivity index (χ0v) is 12.3. The average molecular weight is 274 g/mol. The molecular formula is C15H22N4O. The second-order valence-electron chi connectivity index (χ2n) is 4.59. The molecule has 2 aromatic rings. The van der Waals surface area contributed by atoms with Gasteiger partial charge in [-0.05, 0) is 19.0 Å². The van der Waals surface area contributed by atoms with Crippen molar-refractivity contribution in [1.29, 1.82) is 0 Å². The molecule has 0 aliphatic carbocycles. The van der Waals surface area contributed by atoms with Gasteiger partial charge in [0.05, 0.1) is 19.3 Å². The number of methoxy groups -OCH3 is 1. The van der Waals surface area contributed by atoms with Gasteiger partial charge in [-0.15, -0.1) is 0 Å². The Balaban J connectivity index is 2.42. The number of rotatable bonds is 7. The molecule has 1 N–H and O–H groups in total. The largest absolute Gasteiger partial charge is 0.495 e. The monoisotopic (exact) mass is 274 g/mol. The van der Waals surface area contributed by atoms with E-state index in [0.717, 1.165) is 36.6 Å². The van der Waals surface area contributed by atoms with Crippen molar-refractivity contribution in [3.8, 4) is 5.75 Å². The van der Waals surface area contributed by atoms with Gasteiger partial charge in [0.2, 0.25) is 0 Å². The summed E-state index contributed by atoms with van der Waals surface area (Å²) in [6.45, 7) is 6.08. The topological polar surface area (TPSA) is 52.0 Å². The number of ether oxygens (including phenoxy) is 1. The van der Waals surface area contributed by atoms with Gasteiger partial charge in [-0.25, -0.2) is 4.98 Å². The van der Waals surface area contributed by atoms with Crippen LogP contribution in [0.15, 0.2) is 30.9 Å². The van der Waals surface area contributed by atoms with Crippen LogP contribution >= 0.6 is 0 Å². The predicted octanol–water partition coefficient (Wildman–Crippen LogP) is 2.40. The quantitative estimate of drug-likeness (QED) is 0.842. The third-order valence-corrected chi connectivity index (χ3v) is 3.23. The molecule has 0 spiro atoms. The van der Waals surface area contributed by atoms with Crippen LogP contribution in [-0.4, -0.2) is 28.2 Å². The van der Waals surface area contributed by atoms with Gasteiger partial charge in [0.1, 0.15) is 11.6 Å². The number of pyridine rings is 1. The first-order chi connectivity index (χ1) is 9.81. The molecule has 2 aromatic heterocycles. The van der Waals surface area contributed by atoms with Crippen LogP contribution in [0.25, 0.3) is 0 Å². The van der Waals surface area contributed by atoms with Gasteiger partial charge in [-0.2, -0.15) is 0 Å². The molecule has 0 bridgehead atoms. The third kappa shape index (κ3) is 2.99. The molecule has 20 heavy (non-hydrogen) atoms. The molecule has 0 aliphatic rings. The number of imidazole rings is 1. The standard InChI is InChI=1S/C15H22N4O/c1-4-9-19-10-8-18-15(19)14(17-5-2)12-6-7-16-11-13(12)20-3/h6-8,10-11,14,17H,4-5,9H2,1-3H3. The van der Waals surface area contributed by atoms with Gasteiger partial charge < -0.3 is 14.6 Å². The maximum absolute atomic E-state index is 5.43. The molecule has 5 nitrogen and oxygen atoms in total. The van der Waals surface area contributed by atoms with E-state index < -0.39 is 0 Å². The molecule has 108 valence electrons. The molecule has 0 radical (unpaired) electrons. The second-order valence-corrected chi connectivity index (χ2v) is 4.59. The molecule has 2 rings (SSSR count). The Morgan fingerprint density at radius 1 is 1.35 bits per heavy atom. The molecule has 5 heteroatoms. The van der Waals surface area contributed by atoms with E-state index in [1.165, 1.54) is 0 Å². The highest BCUT2D eigenvalue weighted by Crippen LogP contribution is 2.28. The molecule has 2 heterocycles. The zero-order valence-electron chi connectivity index (χ0n) is 12.3. The van der Waals surface area contributed by atoms with Crippen LogP contribution in [-0.2, 0) is 6.54 Å². The highest BCUT2D eigenvalue weighted by molar-refractivity contribution is 5.36. The van der Waals surface area contributed by atoms with Gasteiger partial charge in [-0.1, -0.05) is 13.8 Å². The van der Waals surface area contributed by atoms with E-state index >= 15 is 0 Å². The Morgan fingerprint density at radius 2 is 2.20 bits per heavy atom. The average Bonchev–Trinajstić information content (AvgIpc) is 2.93. The number of nitrogens with one attached hydrogen (secondary N) is 1. The molecule has 0 saturated carbocycles. The summed E-state index contributed by atoms with van der Waals surface area (Å²) in [5.41, 5.74) is 1.06. The maximum atomic E-state index is 5.43. The summed E-state index contributed by atoms with van der Waals surface area (Å²) >= 11 is 0. The van der Waals surface area contributed by atoms with E-state index in [9.17, 15) is 0 Å². The number of hydrogen-bond acceptors (Lipinski definition) is 4. The van der Waals surface area contributed by atoms with Crippen LogP contribution in [0.2, 0.25) is 0 Å². The van der Waals surface area contributed by atoms with Gasteiger partial charge in [0, 0.05) is 30.7 Å². The van der Waals surface area contributed by atoms with Crippen LogP contribution in [0.3, 0.4) is 0 Å². The summed E-state index contributed by atoms with van der Waals surface area (Å²) < 4.78 is 7.62. The van der Waals surface area contributed by atoms with E-state index in [0.29, 0.717) is 0 Å². The fourth-order valence-corrected chi connectivity index (χ4v) is 2.36. The summed E-state index contributed by atoms with van der Waals surface area (Å²) in [5, 5.41) is 3.48. The first kappa shape index (κ1) is 14.5. The Morgan fingerprint density at radius 3 is 2.90 bits per heavy atom. The molecule has 1 atom stereocenters. The zero-order chi connectivity index (χ0) is 14.4. The van der Waals surface area contributed by atoms with Crippen molar-refractivity contribution in [2.45, 2.75) is 32.9 Å². The lowest BCUT2D eigenvalue weighted by Crippen LogP contribution is -2.26. The predicted molar refractivity (Wildman–Crippen MR) is 78.8 cm³/mol. The lowest BCUT2D eigenvalue weighted by molar-refractivity contribution is 0.399. The van der Waals surface area contributed by atoms with Gasteiger partial charge in [0.15, 0.2) is 0 Å². The van der Waals surface area contributed by atoms with Gasteiger partial charge in [0.25, 0.3) is 0 Å². The summed E-state index contributed by atoms with van der Waals surface area (Å²) in [6.07, 6.45) is 8.48. The summed E-state index contributed by atoms with van der Waals surface area (Å²) in [7, 11) is 1.67. The Bertz CT molecular complexity index is 538. The molecule has 0 amide bonds. The number of aromatic nitrogens is 3. The second kappa shape index (κ2) is 7.05. The van der Waals surface area contributed by atoms with E-state index in [-0.39, 0.29) is 6.04 Å². The van der Waals surface area contributed by atoms with Crippen molar-refractivity contribution in [1.82, 2.24) is 19.9 Å². The van der Waals surface area contributed by atoms with Crippen molar-refractivity contribution in [2.24, 2.45) is 0 Å². The summed E-state index contributed by atoms with van der Waals surface area (Å²) in [4.78, 5) is 8.65. The van der Waals surface area contributed by atoms with E-state index in [1.54, 1.807) is 19.5 Å². The fourth-order valence-electron chi connectivity index (χ4n) is 2.36. The van der Waals surface area contributed by atoms with Crippen LogP contribution in [0, 0.1) is 0 Å². The van der Waals surface area contributed by atoms with Crippen molar-refractivity contribution in [2.75, 3.05) is 13.7 Å². The summed E-state index contributed by atoms with van der Waals surface area (Å²) in [6, 6.07) is 2.00. The molecule has 0 saturated heterocycles. The van der Waals surface area contributed by atoms with E-state index in [2.05, 4.69) is 33.7 Å². The number of nitrogens with zero attached hydrogens (tertiary/aromatic N) is 3. The molecule has 1 unspecified atom stereocenters. The Hall–Kier alpha value is -1.88. The highest BCUT2D eigenvalue weighted by atomic mass is 16.5. The lowest BCUT2D eigenvalue weighted by Gasteiger charge is -2.21. The molecule has 0 aromatic carbocycles. The normalized spacial score (nSPS) is 12.3. The minimum atomic E-state index is 0.0134. The van der Waals surface area contributed by atoms with Crippen LogP contribution in [0.4, 0.5) is 0 Å². The first-order valence-corrected chi connectivity index (χ1v) is 7.04. The number of aryl methyl sites for hydroxylation is 1. The summed E-state index contributed by atoms with van der Waals surface area (Å²) in [5.74, 6) is 1.79. The van der Waals surface area contributed by atoms with Gasteiger partial charge in [-0.3, -0.25) is 4.98 Å². The Labute approximate surface area is 120 Å². The van der Waals surface area contributed by atoms with Crippen molar-refractivity contribution in [3.63, 3.8) is 0 Å². The van der Waals surface area contributed by atoms with Crippen molar-refractivity contribution in [3.05, 3.63) is 42.2 Å². The first-order valence-electron chi connectivity index (χ1n) is 7.04. The molecule has 0 aliphatic heterocycles. The maximum Gasteiger partial charge on any atom is 0.142 e. The van der Waals surface area contributed by atoms with E-state index in [1.807, 2.05) is 18.5 Å². The highest BCUT2D eigenvalue weighted by Gasteiger charge is 2.21. The lowest BCUT2D eigenvalue weighted by atomic mass is 10.1. The Kier molecular flexibility index (Phi) is 5.12. The third-order valence-electron chi connectivity index (χ3n) is 3.23. The fraction of sp³-hybridized carbons (Fsp3) is 0.467. The molecule has 0 fully saturated rings. The van der Waals surface area contributed by atoms with Crippen molar-refractivity contribution >= 4 is 0 Å². The SMILES string of the molecule is CCCn1ccnc1C(NCC)c1ccncc1OC. The van der Waals surface area contributed by atoms with Crippen LogP contribution in [0.1, 0.15) is 37.7 Å². The van der Waals surface area contributed by atoms with Crippen LogP contribution in [0.5, 0.6) is 5.75 Å².